The molecule has 3 N–H and O–H groups in total. The number of benzene rings is 2. The molecule has 25 heavy (non-hydrogen) atoms. The van der Waals surface area contributed by atoms with Gasteiger partial charge in [0.25, 0.3) is 11.8 Å². The lowest BCUT2D eigenvalue weighted by atomic mass is 10.1. The third-order valence-corrected chi connectivity index (χ3v) is 4.09. The standard InChI is InChI=1S/C17H15FIN3O3/c18-12-7-5-11(6-8-12)9-15(23)21-22-16(24)10-20-17(25)13-3-1-2-4-14(13)19/h1-8H,9-10H2,(H,20,25)(H,21,23)(H,22,24). The molecule has 0 aromatic heterocycles. The van der Waals surface area contributed by atoms with Gasteiger partial charge in [-0.3, -0.25) is 25.2 Å². The SMILES string of the molecule is O=C(CNC(=O)c1ccccc1I)NNC(=O)Cc1ccc(F)cc1. The number of amides is 3. The molecule has 0 aliphatic carbocycles. The average molecular weight is 455 g/mol. The molecule has 2 rings (SSSR count). The number of hydrogen-bond donors (Lipinski definition) is 3. The van der Waals surface area contributed by atoms with Crippen LogP contribution in [0.25, 0.3) is 0 Å². The fourth-order valence-electron chi connectivity index (χ4n) is 1.92. The summed E-state index contributed by atoms with van der Waals surface area (Å²) in [6.07, 6.45) is -0.00483. The summed E-state index contributed by atoms with van der Waals surface area (Å²) in [6.45, 7) is -0.277. The first kappa shape index (κ1) is 18.8. The molecule has 0 atom stereocenters. The lowest BCUT2D eigenvalue weighted by Crippen LogP contribution is -2.46. The smallest absolute Gasteiger partial charge is 0.257 e. The lowest BCUT2D eigenvalue weighted by Gasteiger charge is -2.09. The van der Waals surface area contributed by atoms with E-state index in [0.29, 0.717) is 11.1 Å². The van der Waals surface area contributed by atoms with Crippen molar-refractivity contribution >= 4 is 40.3 Å². The summed E-state index contributed by atoms with van der Waals surface area (Å²) in [6, 6.07) is 12.4. The predicted octanol–water partition coefficient (Wildman–Crippen LogP) is 1.55. The Morgan fingerprint density at radius 2 is 1.56 bits per heavy atom. The molecule has 0 unspecified atom stereocenters. The van der Waals surface area contributed by atoms with E-state index >= 15 is 0 Å². The second kappa shape index (κ2) is 9.11. The summed E-state index contributed by atoms with van der Waals surface area (Å²) in [5.74, 6) is -1.78. The van der Waals surface area contributed by atoms with Gasteiger partial charge in [-0.1, -0.05) is 24.3 Å². The monoisotopic (exact) mass is 455 g/mol. The molecule has 0 aliphatic rings. The molecule has 0 heterocycles. The Hall–Kier alpha value is -2.49. The molecule has 2 aromatic rings. The normalized spacial score (nSPS) is 10.0. The Kier molecular flexibility index (Phi) is 6.87. The molecule has 8 heteroatoms. The number of halogens is 2. The van der Waals surface area contributed by atoms with E-state index in [1.165, 1.54) is 24.3 Å². The van der Waals surface area contributed by atoms with Crippen LogP contribution in [0.2, 0.25) is 0 Å². The lowest BCUT2D eigenvalue weighted by molar-refractivity contribution is -0.128. The van der Waals surface area contributed by atoms with Crippen LogP contribution in [0.3, 0.4) is 0 Å². The van der Waals surface area contributed by atoms with E-state index in [4.69, 9.17) is 0 Å². The van der Waals surface area contributed by atoms with Crippen LogP contribution in [-0.4, -0.2) is 24.3 Å². The van der Waals surface area contributed by atoms with Crippen LogP contribution < -0.4 is 16.2 Å². The molecule has 0 bridgehead atoms. The summed E-state index contributed by atoms with van der Waals surface area (Å²) < 4.78 is 13.6. The molecular formula is C17H15FIN3O3. The third-order valence-electron chi connectivity index (χ3n) is 3.15. The van der Waals surface area contributed by atoms with Gasteiger partial charge < -0.3 is 5.32 Å². The van der Waals surface area contributed by atoms with Crippen LogP contribution in [0.5, 0.6) is 0 Å². The second-order valence-electron chi connectivity index (χ2n) is 5.06. The van der Waals surface area contributed by atoms with Crippen molar-refractivity contribution < 1.29 is 18.8 Å². The topological polar surface area (TPSA) is 87.3 Å². The summed E-state index contributed by atoms with van der Waals surface area (Å²) in [5, 5.41) is 2.47. The molecule has 3 amide bonds. The minimum absolute atomic E-state index is 0.00483. The van der Waals surface area contributed by atoms with Gasteiger partial charge in [-0.25, -0.2) is 4.39 Å². The maximum atomic E-state index is 12.8. The maximum absolute atomic E-state index is 12.8. The van der Waals surface area contributed by atoms with Gasteiger partial charge in [-0.15, -0.1) is 0 Å². The van der Waals surface area contributed by atoms with Crippen LogP contribution in [0.4, 0.5) is 4.39 Å². The quantitative estimate of drug-likeness (QED) is 0.473. The number of carbonyl (C=O) groups is 3. The minimum atomic E-state index is -0.563. The highest BCUT2D eigenvalue weighted by molar-refractivity contribution is 14.1. The first-order valence-corrected chi connectivity index (χ1v) is 8.38. The van der Waals surface area contributed by atoms with Crippen LogP contribution in [0.1, 0.15) is 15.9 Å². The fourth-order valence-corrected chi connectivity index (χ4v) is 2.55. The molecule has 130 valence electrons. The number of rotatable bonds is 5. The van der Waals surface area contributed by atoms with Crippen LogP contribution in [0, 0.1) is 9.39 Å². The summed E-state index contributed by atoms with van der Waals surface area (Å²) in [4.78, 5) is 35.3. The Morgan fingerprint density at radius 1 is 0.920 bits per heavy atom. The summed E-state index contributed by atoms with van der Waals surface area (Å²) in [7, 11) is 0. The van der Waals surface area contributed by atoms with E-state index in [2.05, 4.69) is 16.2 Å². The van der Waals surface area contributed by atoms with Gasteiger partial charge in [0.1, 0.15) is 5.82 Å². The van der Waals surface area contributed by atoms with E-state index in [1.807, 2.05) is 28.7 Å². The zero-order valence-corrected chi connectivity index (χ0v) is 15.2. The van der Waals surface area contributed by atoms with Gasteiger partial charge in [0.05, 0.1) is 18.5 Å². The number of nitrogens with one attached hydrogen (secondary N) is 3. The highest BCUT2D eigenvalue weighted by Crippen LogP contribution is 2.10. The first-order chi connectivity index (χ1) is 12.0. The molecule has 0 fully saturated rings. The van der Waals surface area contributed by atoms with Gasteiger partial charge in [0.2, 0.25) is 5.91 Å². The average Bonchev–Trinajstić information content (AvgIpc) is 2.60. The molecule has 0 saturated carbocycles. The molecule has 0 saturated heterocycles. The van der Waals surface area contributed by atoms with Crippen molar-refractivity contribution in [1.82, 2.24) is 16.2 Å². The van der Waals surface area contributed by atoms with E-state index < -0.39 is 11.8 Å². The highest BCUT2D eigenvalue weighted by atomic mass is 127. The van der Waals surface area contributed by atoms with Crippen molar-refractivity contribution in [3.63, 3.8) is 0 Å². The van der Waals surface area contributed by atoms with Gasteiger partial charge in [0.15, 0.2) is 0 Å². The van der Waals surface area contributed by atoms with E-state index in [9.17, 15) is 18.8 Å². The van der Waals surface area contributed by atoms with E-state index in [0.717, 1.165) is 3.57 Å². The highest BCUT2D eigenvalue weighted by Gasteiger charge is 2.11. The van der Waals surface area contributed by atoms with Crippen LogP contribution >= 0.6 is 22.6 Å². The Labute approximate surface area is 157 Å². The van der Waals surface area contributed by atoms with Crippen molar-refractivity contribution in [3.8, 4) is 0 Å². The molecule has 0 aliphatic heterocycles. The predicted molar refractivity (Wildman–Crippen MR) is 97.9 cm³/mol. The Balaban J connectivity index is 1.73. The number of carbonyl (C=O) groups excluding carboxylic acids is 3. The van der Waals surface area contributed by atoms with Gasteiger partial charge in [-0.05, 0) is 52.4 Å². The molecule has 2 aromatic carbocycles. The van der Waals surface area contributed by atoms with Gasteiger partial charge >= 0.3 is 0 Å². The summed E-state index contributed by atoms with van der Waals surface area (Å²) in [5.41, 5.74) is 5.52. The van der Waals surface area contributed by atoms with Crippen molar-refractivity contribution in [2.45, 2.75) is 6.42 Å². The van der Waals surface area contributed by atoms with Gasteiger partial charge in [0, 0.05) is 3.57 Å². The number of hydrogen-bond acceptors (Lipinski definition) is 3. The van der Waals surface area contributed by atoms with Crippen molar-refractivity contribution in [1.29, 1.82) is 0 Å². The fraction of sp³-hybridized carbons (Fsp3) is 0.118. The molecular weight excluding hydrogens is 440 g/mol. The third kappa shape index (κ3) is 6.14. The Morgan fingerprint density at radius 3 is 2.24 bits per heavy atom. The maximum Gasteiger partial charge on any atom is 0.257 e. The Bertz CT molecular complexity index is 781. The second-order valence-corrected chi connectivity index (χ2v) is 6.22. The number of hydrazine groups is 1. The van der Waals surface area contributed by atoms with Crippen LogP contribution in [-0.2, 0) is 16.0 Å². The van der Waals surface area contributed by atoms with Crippen molar-refractivity contribution in [2.75, 3.05) is 6.54 Å². The van der Waals surface area contributed by atoms with Crippen molar-refractivity contribution in [2.24, 2.45) is 0 Å². The molecule has 6 nitrogen and oxygen atoms in total. The minimum Gasteiger partial charge on any atom is -0.343 e. The van der Waals surface area contributed by atoms with Crippen molar-refractivity contribution in [3.05, 3.63) is 69.0 Å². The zero-order chi connectivity index (χ0) is 18.2. The van der Waals surface area contributed by atoms with Gasteiger partial charge in [-0.2, -0.15) is 0 Å². The van der Waals surface area contributed by atoms with E-state index in [-0.39, 0.29) is 24.7 Å². The first-order valence-electron chi connectivity index (χ1n) is 7.30. The van der Waals surface area contributed by atoms with Crippen LogP contribution in [0.15, 0.2) is 48.5 Å². The molecule has 0 radical (unpaired) electrons. The largest absolute Gasteiger partial charge is 0.343 e. The summed E-state index contributed by atoms with van der Waals surface area (Å²) >= 11 is 2.03. The zero-order valence-electron chi connectivity index (χ0n) is 13.0. The van der Waals surface area contributed by atoms with E-state index in [1.54, 1.807) is 18.2 Å². The molecule has 0 spiro atoms.